The maximum Gasteiger partial charge on any atom is 0.321 e. The molecule has 1 aromatic heterocycles. The van der Waals surface area contributed by atoms with Crippen LogP contribution in [0.15, 0.2) is 28.8 Å². The summed E-state index contributed by atoms with van der Waals surface area (Å²) in [4.78, 5) is 4.04. The largest absolute Gasteiger partial charge is 0.341 e. The number of rotatable bonds is 3. The lowest BCUT2D eigenvalue weighted by molar-refractivity contribution is 0.425. The summed E-state index contributed by atoms with van der Waals surface area (Å²) in [5.74, 6) is 0.273. The molecule has 0 bridgehead atoms. The Labute approximate surface area is 86.1 Å². The highest BCUT2D eigenvalue weighted by molar-refractivity contribution is 5.22. The molecule has 1 aromatic carbocycles. The molecule has 15 heavy (non-hydrogen) atoms. The first kappa shape index (κ1) is 9.64. The molecular formula is C10H10FN3O. The van der Waals surface area contributed by atoms with Gasteiger partial charge in [-0.15, -0.1) is 0 Å². The number of nitrogens with zero attached hydrogens (tertiary/aromatic N) is 2. The second-order valence-electron chi connectivity index (χ2n) is 3.07. The topological polar surface area (TPSA) is 51.0 Å². The molecule has 4 nitrogen and oxygen atoms in total. The Hall–Kier alpha value is -1.91. The van der Waals surface area contributed by atoms with Gasteiger partial charge in [-0.2, -0.15) is 4.98 Å². The Balaban J connectivity index is 2.14. The van der Waals surface area contributed by atoms with E-state index in [2.05, 4.69) is 15.5 Å². The first-order valence-electron chi connectivity index (χ1n) is 4.52. The predicted molar refractivity (Wildman–Crippen MR) is 53.1 cm³/mol. The number of aromatic nitrogens is 2. The third-order valence-electron chi connectivity index (χ3n) is 1.93. The highest BCUT2D eigenvalue weighted by Crippen LogP contribution is 2.10. The lowest BCUT2D eigenvalue weighted by atomic mass is 10.1. The molecule has 0 aliphatic carbocycles. The van der Waals surface area contributed by atoms with Gasteiger partial charge in [-0.25, -0.2) is 4.39 Å². The van der Waals surface area contributed by atoms with E-state index >= 15 is 0 Å². The van der Waals surface area contributed by atoms with Crippen LogP contribution in [0.3, 0.4) is 0 Å². The second-order valence-corrected chi connectivity index (χ2v) is 3.07. The summed E-state index contributed by atoms with van der Waals surface area (Å²) in [6.07, 6.45) is 0.461. The number of halogens is 1. The maximum atomic E-state index is 12.9. The number of benzene rings is 1. The molecular weight excluding hydrogens is 197 g/mol. The van der Waals surface area contributed by atoms with Crippen LogP contribution in [-0.2, 0) is 6.42 Å². The molecule has 1 N–H and O–H groups in total. The average Bonchev–Trinajstić information content (AvgIpc) is 2.65. The lowest BCUT2D eigenvalue weighted by Crippen LogP contribution is -1.92. The van der Waals surface area contributed by atoms with Crippen LogP contribution in [0, 0.1) is 5.82 Å². The van der Waals surface area contributed by atoms with Crippen LogP contribution >= 0.6 is 0 Å². The quantitative estimate of drug-likeness (QED) is 0.834. The molecule has 5 heteroatoms. The fraction of sp³-hybridized carbons (Fsp3) is 0.200. The van der Waals surface area contributed by atoms with Gasteiger partial charge < -0.3 is 9.84 Å². The van der Waals surface area contributed by atoms with Gasteiger partial charge in [0, 0.05) is 13.5 Å². The molecule has 0 saturated heterocycles. The second kappa shape index (κ2) is 4.08. The summed E-state index contributed by atoms with van der Waals surface area (Å²) >= 11 is 0. The zero-order chi connectivity index (χ0) is 10.7. The highest BCUT2D eigenvalue weighted by Gasteiger charge is 2.05. The van der Waals surface area contributed by atoms with Crippen molar-refractivity contribution in [2.45, 2.75) is 6.42 Å². The lowest BCUT2D eigenvalue weighted by Gasteiger charge is -1.95. The van der Waals surface area contributed by atoms with Crippen LogP contribution in [-0.4, -0.2) is 17.2 Å². The maximum absolute atomic E-state index is 12.9. The molecule has 0 saturated carbocycles. The fourth-order valence-electron chi connectivity index (χ4n) is 1.26. The molecule has 0 fully saturated rings. The van der Waals surface area contributed by atoms with Crippen molar-refractivity contribution in [2.75, 3.05) is 12.4 Å². The molecule has 1 heterocycles. The average molecular weight is 207 g/mol. The van der Waals surface area contributed by atoms with E-state index in [9.17, 15) is 4.39 Å². The SMILES string of the molecule is CNc1nc(Cc2cccc(F)c2)no1. The molecule has 2 rings (SSSR count). The summed E-state index contributed by atoms with van der Waals surface area (Å²) in [7, 11) is 1.69. The number of anilines is 1. The summed E-state index contributed by atoms with van der Waals surface area (Å²) in [5.41, 5.74) is 0.818. The molecule has 0 aliphatic rings. The van der Waals surface area contributed by atoms with Crippen LogP contribution < -0.4 is 5.32 Å². The van der Waals surface area contributed by atoms with Gasteiger partial charge in [0.2, 0.25) is 0 Å². The number of hydrogen-bond acceptors (Lipinski definition) is 4. The van der Waals surface area contributed by atoms with Gasteiger partial charge in [0.25, 0.3) is 0 Å². The summed E-state index contributed by atoms with van der Waals surface area (Å²) in [6, 6.07) is 6.69. The van der Waals surface area contributed by atoms with Crippen LogP contribution in [0.5, 0.6) is 0 Å². The van der Waals surface area contributed by atoms with Crippen LogP contribution in [0.2, 0.25) is 0 Å². The van der Waals surface area contributed by atoms with E-state index in [0.29, 0.717) is 18.3 Å². The first-order chi connectivity index (χ1) is 7.28. The Morgan fingerprint density at radius 1 is 1.47 bits per heavy atom. The third-order valence-corrected chi connectivity index (χ3v) is 1.93. The van der Waals surface area contributed by atoms with Gasteiger partial charge in [-0.05, 0) is 17.7 Å². The molecule has 0 spiro atoms. The van der Waals surface area contributed by atoms with Crippen molar-refractivity contribution in [1.29, 1.82) is 0 Å². The van der Waals surface area contributed by atoms with Crippen LogP contribution in [0.25, 0.3) is 0 Å². The van der Waals surface area contributed by atoms with Crippen LogP contribution in [0.1, 0.15) is 11.4 Å². The van der Waals surface area contributed by atoms with Crippen molar-refractivity contribution in [3.63, 3.8) is 0 Å². The van der Waals surface area contributed by atoms with E-state index in [4.69, 9.17) is 4.52 Å². The predicted octanol–water partition coefficient (Wildman–Crippen LogP) is 1.84. The van der Waals surface area contributed by atoms with Crippen molar-refractivity contribution in [3.05, 3.63) is 41.5 Å². The molecule has 0 unspecified atom stereocenters. The number of hydrogen-bond donors (Lipinski definition) is 1. The van der Waals surface area contributed by atoms with Crippen molar-refractivity contribution < 1.29 is 8.91 Å². The van der Waals surface area contributed by atoms with Crippen molar-refractivity contribution in [1.82, 2.24) is 10.1 Å². The van der Waals surface area contributed by atoms with Gasteiger partial charge >= 0.3 is 6.01 Å². The molecule has 78 valence electrons. The minimum Gasteiger partial charge on any atom is -0.341 e. The highest BCUT2D eigenvalue weighted by atomic mass is 19.1. The third kappa shape index (κ3) is 2.31. The summed E-state index contributed by atoms with van der Waals surface area (Å²) < 4.78 is 17.7. The fourth-order valence-corrected chi connectivity index (χ4v) is 1.26. The van der Waals surface area contributed by atoms with E-state index in [1.54, 1.807) is 13.1 Å². The molecule has 0 amide bonds. The zero-order valence-corrected chi connectivity index (χ0v) is 8.20. The van der Waals surface area contributed by atoms with E-state index < -0.39 is 0 Å². The van der Waals surface area contributed by atoms with E-state index in [0.717, 1.165) is 5.56 Å². The minimum atomic E-state index is -0.259. The molecule has 0 radical (unpaired) electrons. The normalized spacial score (nSPS) is 10.3. The Kier molecular flexibility index (Phi) is 2.62. The van der Waals surface area contributed by atoms with Gasteiger partial charge in [0.05, 0.1) is 0 Å². The van der Waals surface area contributed by atoms with E-state index in [1.807, 2.05) is 6.07 Å². The number of nitrogens with one attached hydrogen (secondary N) is 1. The van der Waals surface area contributed by atoms with Gasteiger partial charge in [-0.3, -0.25) is 0 Å². The molecule has 2 aromatic rings. The Bertz CT molecular complexity index is 455. The Morgan fingerprint density at radius 2 is 2.33 bits per heavy atom. The van der Waals surface area contributed by atoms with Gasteiger partial charge in [0.15, 0.2) is 5.82 Å². The molecule has 0 atom stereocenters. The smallest absolute Gasteiger partial charge is 0.321 e. The Morgan fingerprint density at radius 3 is 3.00 bits per heavy atom. The van der Waals surface area contributed by atoms with Gasteiger partial charge in [0.1, 0.15) is 5.82 Å². The van der Waals surface area contributed by atoms with E-state index in [-0.39, 0.29) is 5.82 Å². The van der Waals surface area contributed by atoms with E-state index in [1.165, 1.54) is 12.1 Å². The van der Waals surface area contributed by atoms with Crippen molar-refractivity contribution >= 4 is 6.01 Å². The molecule has 0 aliphatic heterocycles. The monoisotopic (exact) mass is 207 g/mol. The van der Waals surface area contributed by atoms with Crippen molar-refractivity contribution in [3.8, 4) is 0 Å². The van der Waals surface area contributed by atoms with Crippen LogP contribution in [0.4, 0.5) is 10.4 Å². The first-order valence-corrected chi connectivity index (χ1v) is 4.52. The minimum absolute atomic E-state index is 0.259. The standard InChI is InChI=1S/C10H10FN3O/c1-12-10-13-9(14-15-10)6-7-3-2-4-8(11)5-7/h2-5H,6H2,1H3,(H,12,13,14). The summed E-state index contributed by atoms with van der Waals surface area (Å²) in [6.45, 7) is 0. The van der Waals surface area contributed by atoms with Gasteiger partial charge in [-0.1, -0.05) is 17.3 Å². The summed E-state index contributed by atoms with van der Waals surface area (Å²) in [5, 5.41) is 6.47. The van der Waals surface area contributed by atoms with Crippen molar-refractivity contribution in [2.24, 2.45) is 0 Å². The zero-order valence-electron chi connectivity index (χ0n) is 8.20.